The summed E-state index contributed by atoms with van der Waals surface area (Å²) >= 11 is 6.56. The quantitative estimate of drug-likeness (QED) is 0.228. The summed E-state index contributed by atoms with van der Waals surface area (Å²) in [6.07, 6.45) is 7.13. The van der Waals surface area contributed by atoms with Gasteiger partial charge in [0.05, 0.1) is 35.5 Å². The fourth-order valence-electron chi connectivity index (χ4n) is 7.75. The Labute approximate surface area is 281 Å². The Balaban J connectivity index is 1.07. The molecule has 11 nitrogen and oxygen atoms in total. The second kappa shape index (κ2) is 12.8. The summed E-state index contributed by atoms with van der Waals surface area (Å²) in [4.78, 5) is 25.7. The van der Waals surface area contributed by atoms with Crippen molar-refractivity contribution in [1.82, 2.24) is 29.7 Å². The van der Waals surface area contributed by atoms with Crippen molar-refractivity contribution in [3.63, 3.8) is 0 Å². The molecule has 0 aliphatic carbocycles. The fourth-order valence-corrected chi connectivity index (χ4v) is 9.28. The highest BCUT2D eigenvalue weighted by Gasteiger charge is 2.41. The van der Waals surface area contributed by atoms with Crippen molar-refractivity contribution >= 4 is 63.9 Å². The maximum Gasteiger partial charge on any atom is 0.229 e. The van der Waals surface area contributed by atoms with Gasteiger partial charge in [-0.3, -0.25) is 14.9 Å². The van der Waals surface area contributed by atoms with E-state index in [2.05, 4.69) is 66.4 Å². The van der Waals surface area contributed by atoms with E-state index in [0.29, 0.717) is 50.6 Å². The van der Waals surface area contributed by atoms with Crippen molar-refractivity contribution in [2.45, 2.75) is 25.8 Å². The number of halogens is 1. The molecule has 3 aliphatic rings. The lowest BCUT2D eigenvalue weighted by Gasteiger charge is -2.39. The van der Waals surface area contributed by atoms with Crippen LogP contribution in [-0.2, 0) is 4.57 Å². The Hall–Kier alpha value is -3.50. The smallest absolute Gasteiger partial charge is 0.229 e. The van der Waals surface area contributed by atoms with Gasteiger partial charge in [-0.1, -0.05) is 11.6 Å². The number of ether oxygens (including phenoxy) is 1. The molecule has 0 spiro atoms. The molecule has 2 N–H and O–H groups in total. The molecule has 0 radical (unpaired) electrons. The average molecular weight is 676 g/mol. The summed E-state index contributed by atoms with van der Waals surface area (Å²) in [5, 5.41) is 7.55. The number of likely N-dealkylation sites (tertiary alicyclic amines) is 2. The molecular formula is C34H43ClN9O2P. The lowest BCUT2D eigenvalue weighted by molar-refractivity contribution is 0.184. The molecule has 248 valence electrons. The van der Waals surface area contributed by atoms with E-state index in [1.165, 1.54) is 44.7 Å². The van der Waals surface area contributed by atoms with Crippen molar-refractivity contribution in [1.29, 1.82) is 0 Å². The highest BCUT2D eigenvalue weighted by molar-refractivity contribution is 7.71. The molecule has 4 aromatic rings. The molecule has 1 unspecified atom stereocenters. The number of nitrogens with zero attached hydrogens (tertiary/aromatic N) is 7. The molecule has 2 aromatic heterocycles. The van der Waals surface area contributed by atoms with E-state index in [9.17, 15) is 4.57 Å². The number of aromatic nitrogens is 4. The zero-order valence-electron chi connectivity index (χ0n) is 27.7. The molecule has 7 rings (SSSR count). The molecule has 0 saturated carbocycles. The van der Waals surface area contributed by atoms with Gasteiger partial charge in [0.1, 0.15) is 23.4 Å². The molecular weight excluding hydrogens is 633 g/mol. The monoisotopic (exact) mass is 675 g/mol. The number of benzene rings is 2. The van der Waals surface area contributed by atoms with E-state index < -0.39 is 7.14 Å². The lowest BCUT2D eigenvalue weighted by atomic mass is 10.0. The van der Waals surface area contributed by atoms with Crippen LogP contribution in [0.2, 0.25) is 5.02 Å². The van der Waals surface area contributed by atoms with Crippen LogP contribution in [0.1, 0.15) is 18.4 Å². The second-order valence-corrected chi connectivity index (χ2v) is 17.2. The van der Waals surface area contributed by atoms with Gasteiger partial charge in [0, 0.05) is 69.5 Å². The number of piperidine rings is 1. The number of hydrogen-bond acceptors (Lipinski definition) is 11. The predicted octanol–water partition coefficient (Wildman–Crippen LogP) is 5.59. The third-order valence-electron chi connectivity index (χ3n) is 9.93. The Kier molecular flexibility index (Phi) is 8.76. The number of methoxy groups -OCH3 is 1. The van der Waals surface area contributed by atoms with E-state index >= 15 is 0 Å². The van der Waals surface area contributed by atoms with Gasteiger partial charge in [0.2, 0.25) is 5.95 Å². The number of rotatable bonds is 8. The van der Waals surface area contributed by atoms with Crippen LogP contribution in [0, 0.1) is 18.8 Å². The standard InChI is InChI=1S/C34H43ClN9O2P/c1-21-14-28(30(46-3)15-29(21)43-12-8-24(9-13-43)44-19-22-17-42(2)18-23(22)20-44)40-34-38-16-25(35)33(41-34)39-27-7-6-26-31(37-11-10-36-26)32(27)47(4,5)45/h6-7,10-11,14-16,22-24H,8-9,12-13,17-20H2,1-5H3,(H2,38,39,40,41)/t22-,23?/m1/s1. The average Bonchev–Trinajstić information content (AvgIpc) is 3.60. The van der Waals surface area contributed by atoms with E-state index in [1.807, 2.05) is 12.1 Å². The Morgan fingerprint density at radius 3 is 2.38 bits per heavy atom. The van der Waals surface area contributed by atoms with Gasteiger partial charge < -0.3 is 29.7 Å². The number of nitrogens with one attached hydrogen (secondary N) is 2. The predicted molar refractivity (Wildman–Crippen MR) is 191 cm³/mol. The Morgan fingerprint density at radius 2 is 1.68 bits per heavy atom. The van der Waals surface area contributed by atoms with E-state index in [4.69, 9.17) is 21.3 Å². The molecule has 2 aromatic carbocycles. The van der Waals surface area contributed by atoms with Crippen LogP contribution in [0.4, 0.5) is 28.8 Å². The summed E-state index contributed by atoms with van der Waals surface area (Å²) in [6.45, 7) is 12.7. The highest BCUT2D eigenvalue weighted by atomic mass is 35.5. The molecule has 3 fully saturated rings. The summed E-state index contributed by atoms with van der Waals surface area (Å²) in [6, 6.07) is 8.56. The van der Waals surface area contributed by atoms with Gasteiger partial charge in [-0.05, 0) is 75.7 Å². The SMILES string of the molecule is COc1cc(N2CCC(N3CC4CN(C)C[C@@H]4C3)CC2)c(C)cc1Nc1ncc(Cl)c(Nc2ccc3nccnc3c2P(C)(C)=O)n1. The van der Waals surface area contributed by atoms with Crippen molar-refractivity contribution < 1.29 is 9.30 Å². The molecule has 3 aliphatic heterocycles. The maximum atomic E-state index is 13.4. The summed E-state index contributed by atoms with van der Waals surface area (Å²) in [5.74, 6) is 3.14. The van der Waals surface area contributed by atoms with Crippen molar-refractivity contribution in [2.75, 3.05) is 82.3 Å². The molecule has 0 bridgehead atoms. The van der Waals surface area contributed by atoms with Crippen LogP contribution in [0.15, 0.2) is 42.9 Å². The minimum atomic E-state index is -2.76. The minimum absolute atomic E-state index is 0.328. The van der Waals surface area contributed by atoms with Crippen LogP contribution in [0.5, 0.6) is 5.75 Å². The number of anilines is 5. The molecule has 5 heterocycles. The second-order valence-electron chi connectivity index (χ2n) is 13.6. The van der Waals surface area contributed by atoms with E-state index in [-0.39, 0.29) is 0 Å². The van der Waals surface area contributed by atoms with Gasteiger partial charge in [0.25, 0.3) is 0 Å². The first kappa shape index (κ1) is 32.1. The highest BCUT2D eigenvalue weighted by Crippen LogP contribution is 2.42. The normalized spacial score (nSPS) is 20.9. The third kappa shape index (κ3) is 6.51. The Bertz CT molecular complexity index is 1830. The zero-order valence-corrected chi connectivity index (χ0v) is 29.4. The fraction of sp³-hybridized carbons (Fsp3) is 0.471. The molecule has 0 amide bonds. The molecule has 47 heavy (non-hydrogen) atoms. The largest absolute Gasteiger partial charge is 0.494 e. The molecule has 3 saturated heterocycles. The van der Waals surface area contributed by atoms with Gasteiger partial charge in [-0.25, -0.2) is 4.98 Å². The van der Waals surface area contributed by atoms with Gasteiger partial charge >= 0.3 is 0 Å². The van der Waals surface area contributed by atoms with E-state index in [0.717, 1.165) is 36.2 Å². The summed E-state index contributed by atoms with van der Waals surface area (Å²) in [7, 11) is 1.18. The first-order valence-corrected chi connectivity index (χ1v) is 19.3. The van der Waals surface area contributed by atoms with Crippen LogP contribution in [0.25, 0.3) is 11.0 Å². The summed E-state index contributed by atoms with van der Waals surface area (Å²) < 4.78 is 19.3. The minimum Gasteiger partial charge on any atom is -0.494 e. The zero-order chi connectivity index (χ0) is 32.9. The van der Waals surface area contributed by atoms with Crippen molar-refractivity contribution in [3.05, 3.63) is 53.4 Å². The van der Waals surface area contributed by atoms with Crippen LogP contribution in [0.3, 0.4) is 0 Å². The van der Waals surface area contributed by atoms with Crippen molar-refractivity contribution in [2.24, 2.45) is 11.8 Å². The van der Waals surface area contributed by atoms with Crippen LogP contribution in [-0.4, -0.2) is 103 Å². The first-order chi connectivity index (χ1) is 22.6. The van der Waals surface area contributed by atoms with Crippen LogP contribution >= 0.6 is 18.7 Å². The maximum absolute atomic E-state index is 13.4. The topological polar surface area (TPSA) is 112 Å². The third-order valence-corrected chi connectivity index (χ3v) is 11.7. The number of aryl methyl sites for hydroxylation is 1. The van der Waals surface area contributed by atoms with E-state index in [1.54, 1.807) is 39.0 Å². The molecule has 2 atom stereocenters. The van der Waals surface area contributed by atoms with Gasteiger partial charge in [-0.2, -0.15) is 4.98 Å². The lowest BCUT2D eigenvalue weighted by Crippen LogP contribution is -2.45. The van der Waals surface area contributed by atoms with Gasteiger partial charge in [-0.15, -0.1) is 0 Å². The molecule has 13 heteroatoms. The first-order valence-electron chi connectivity index (χ1n) is 16.3. The van der Waals surface area contributed by atoms with Crippen molar-refractivity contribution in [3.8, 4) is 5.75 Å². The summed E-state index contributed by atoms with van der Waals surface area (Å²) in [5.41, 5.74) is 4.98. The van der Waals surface area contributed by atoms with Crippen LogP contribution < -0.4 is 25.6 Å². The Morgan fingerprint density at radius 1 is 0.957 bits per heavy atom. The van der Waals surface area contributed by atoms with Gasteiger partial charge in [0.15, 0.2) is 5.82 Å². The number of hydrogen-bond donors (Lipinski definition) is 2. The number of fused-ring (bicyclic) bond motifs is 2.